The zero-order valence-corrected chi connectivity index (χ0v) is 21.2. The lowest BCUT2D eigenvalue weighted by Gasteiger charge is -2.61. The average Bonchev–Trinajstić information content (AvgIpc) is 3.23. The molecular weight excluding hydrogens is 400 g/mol. The van der Waals surface area contributed by atoms with Gasteiger partial charge in [-0.2, -0.15) is 0 Å². The molecule has 2 heterocycles. The van der Waals surface area contributed by atoms with Crippen LogP contribution in [0, 0.1) is 52.3 Å². The smallest absolute Gasteiger partial charge is 0.171 e. The number of fused-ring (bicyclic) bond motifs is 7. The molecule has 4 saturated carbocycles. The molecular formula is C28H48O4. The van der Waals surface area contributed by atoms with Gasteiger partial charge in [0, 0.05) is 19.4 Å². The van der Waals surface area contributed by atoms with Gasteiger partial charge in [0.15, 0.2) is 5.79 Å². The number of hydrogen-bond acceptors (Lipinski definition) is 4. The summed E-state index contributed by atoms with van der Waals surface area (Å²) in [5, 5.41) is 17.3. The van der Waals surface area contributed by atoms with Gasteiger partial charge in [-0.3, -0.25) is 0 Å². The Bertz CT molecular complexity index is 687. The molecule has 0 aromatic carbocycles. The van der Waals surface area contributed by atoms with E-state index in [-0.39, 0.29) is 11.9 Å². The van der Waals surface area contributed by atoms with E-state index < -0.39 is 0 Å². The van der Waals surface area contributed by atoms with Gasteiger partial charge in [0.25, 0.3) is 0 Å². The summed E-state index contributed by atoms with van der Waals surface area (Å²) in [6.07, 6.45) is 12.9. The highest BCUT2D eigenvalue weighted by molar-refractivity contribution is 5.15. The molecule has 32 heavy (non-hydrogen) atoms. The molecule has 2 N–H and O–H groups in total. The quantitative estimate of drug-likeness (QED) is 0.521. The second-order valence-electron chi connectivity index (χ2n) is 13.1. The minimum absolute atomic E-state index is 0.0389. The maximum absolute atomic E-state index is 10.3. The van der Waals surface area contributed by atoms with E-state index in [2.05, 4.69) is 27.7 Å². The summed E-state index contributed by atoms with van der Waals surface area (Å²) in [5.74, 6) is 4.93. The van der Waals surface area contributed by atoms with Crippen molar-refractivity contribution in [3.8, 4) is 0 Å². The van der Waals surface area contributed by atoms with Gasteiger partial charge < -0.3 is 19.7 Å². The molecule has 0 bridgehead atoms. The first-order valence-electron chi connectivity index (χ1n) is 13.7. The standard InChI is InChI=1S/C27H44O3.CH4O/c1-16-7-12-27(29-15-16)17(2)24-23(30-27)14-22-20-6-5-18-13-19(28)8-10-25(18,3)21(20)9-11-26(22,24)4;1-2/h16-24,28H,5-15H2,1-4H3;2H,1H3/t16-,17-,18+,19-,20+,21-,22-,23-,24-,25-,26-,27+;/m0./s1. The lowest BCUT2D eigenvalue weighted by molar-refractivity contribution is -0.273. The molecule has 0 radical (unpaired) electrons. The number of ether oxygens (including phenoxy) is 2. The summed E-state index contributed by atoms with van der Waals surface area (Å²) in [6, 6.07) is 0. The second kappa shape index (κ2) is 8.21. The van der Waals surface area contributed by atoms with Crippen LogP contribution in [0.3, 0.4) is 0 Å². The molecule has 12 atom stereocenters. The van der Waals surface area contributed by atoms with Crippen LogP contribution in [0.25, 0.3) is 0 Å². The van der Waals surface area contributed by atoms with Gasteiger partial charge in [0.2, 0.25) is 0 Å². The lowest BCUT2D eigenvalue weighted by Crippen LogP contribution is -2.55. The summed E-state index contributed by atoms with van der Waals surface area (Å²) in [6.45, 7) is 10.9. The minimum Gasteiger partial charge on any atom is -0.400 e. The van der Waals surface area contributed by atoms with E-state index in [9.17, 15) is 5.11 Å². The second-order valence-corrected chi connectivity index (χ2v) is 13.1. The Balaban J connectivity index is 0.00000105. The van der Waals surface area contributed by atoms with E-state index >= 15 is 0 Å². The maximum atomic E-state index is 10.3. The van der Waals surface area contributed by atoms with E-state index in [1.165, 1.54) is 44.9 Å². The van der Waals surface area contributed by atoms with Crippen molar-refractivity contribution >= 4 is 0 Å². The van der Waals surface area contributed by atoms with Crippen molar-refractivity contribution in [2.24, 2.45) is 52.3 Å². The average molecular weight is 449 g/mol. The normalized spacial score (nSPS) is 58.8. The molecule has 4 aliphatic carbocycles. The highest BCUT2D eigenvalue weighted by Gasteiger charge is 2.69. The first-order chi connectivity index (χ1) is 15.3. The maximum Gasteiger partial charge on any atom is 0.171 e. The summed E-state index contributed by atoms with van der Waals surface area (Å²) >= 11 is 0. The van der Waals surface area contributed by atoms with E-state index in [0.717, 1.165) is 56.7 Å². The summed E-state index contributed by atoms with van der Waals surface area (Å²) < 4.78 is 13.4. The molecule has 2 saturated heterocycles. The van der Waals surface area contributed by atoms with E-state index in [1.54, 1.807) is 0 Å². The van der Waals surface area contributed by atoms with Gasteiger partial charge in [-0.15, -0.1) is 0 Å². The van der Waals surface area contributed by atoms with Crippen molar-refractivity contribution in [2.45, 2.75) is 110 Å². The molecule has 6 aliphatic rings. The third-order valence-corrected chi connectivity index (χ3v) is 11.9. The van der Waals surface area contributed by atoms with Crippen LogP contribution in [0.5, 0.6) is 0 Å². The summed E-state index contributed by atoms with van der Waals surface area (Å²) in [7, 11) is 1.00. The van der Waals surface area contributed by atoms with Crippen molar-refractivity contribution in [1.82, 2.24) is 0 Å². The first-order valence-corrected chi connectivity index (χ1v) is 13.7. The van der Waals surface area contributed by atoms with Gasteiger partial charge in [-0.05, 0) is 104 Å². The molecule has 2 aliphatic heterocycles. The van der Waals surface area contributed by atoms with Gasteiger partial charge in [-0.25, -0.2) is 0 Å². The highest BCUT2D eigenvalue weighted by atomic mass is 16.7. The molecule has 6 rings (SSSR count). The molecule has 4 heteroatoms. The van der Waals surface area contributed by atoms with Crippen molar-refractivity contribution in [3.63, 3.8) is 0 Å². The fourth-order valence-electron chi connectivity index (χ4n) is 10.3. The third kappa shape index (κ3) is 3.22. The Kier molecular flexibility index (Phi) is 6.05. The molecule has 0 amide bonds. The lowest BCUT2D eigenvalue weighted by atomic mass is 9.44. The molecule has 0 aromatic heterocycles. The van der Waals surface area contributed by atoms with Crippen LogP contribution in [0.15, 0.2) is 0 Å². The Hall–Kier alpha value is -0.160. The van der Waals surface area contributed by atoms with Crippen LogP contribution >= 0.6 is 0 Å². The van der Waals surface area contributed by atoms with Crippen molar-refractivity contribution in [3.05, 3.63) is 0 Å². The minimum atomic E-state index is -0.282. The van der Waals surface area contributed by atoms with Crippen molar-refractivity contribution in [1.29, 1.82) is 0 Å². The largest absolute Gasteiger partial charge is 0.400 e. The van der Waals surface area contributed by atoms with Crippen LogP contribution in [0.1, 0.15) is 91.9 Å². The number of aliphatic hydroxyl groups excluding tert-OH is 2. The zero-order valence-electron chi connectivity index (χ0n) is 21.2. The van der Waals surface area contributed by atoms with E-state index in [4.69, 9.17) is 14.6 Å². The molecule has 4 nitrogen and oxygen atoms in total. The number of hydrogen-bond donors (Lipinski definition) is 2. The Labute approximate surface area is 195 Å². The van der Waals surface area contributed by atoms with Gasteiger partial charge in [-0.1, -0.05) is 27.7 Å². The fourth-order valence-corrected chi connectivity index (χ4v) is 10.3. The topological polar surface area (TPSA) is 58.9 Å². The number of rotatable bonds is 0. The van der Waals surface area contributed by atoms with Crippen LogP contribution in [0.4, 0.5) is 0 Å². The molecule has 0 unspecified atom stereocenters. The number of aliphatic hydroxyl groups is 2. The van der Waals surface area contributed by atoms with Crippen LogP contribution < -0.4 is 0 Å². The van der Waals surface area contributed by atoms with Crippen molar-refractivity contribution < 1.29 is 19.7 Å². The molecule has 6 fully saturated rings. The van der Waals surface area contributed by atoms with Gasteiger partial charge in [0.1, 0.15) is 0 Å². The predicted octanol–water partition coefficient (Wildman–Crippen LogP) is 5.40. The summed E-state index contributed by atoms with van der Waals surface area (Å²) in [5.41, 5.74) is 0.899. The highest BCUT2D eigenvalue weighted by Crippen LogP contribution is 2.71. The zero-order chi connectivity index (χ0) is 22.9. The van der Waals surface area contributed by atoms with Gasteiger partial charge in [0.05, 0.1) is 18.8 Å². The van der Waals surface area contributed by atoms with Crippen LogP contribution in [-0.2, 0) is 9.47 Å². The van der Waals surface area contributed by atoms with E-state index in [1.807, 2.05) is 0 Å². The van der Waals surface area contributed by atoms with Crippen LogP contribution in [-0.4, -0.2) is 41.9 Å². The Morgan fingerprint density at radius 2 is 1.56 bits per heavy atom. The first kappa shape index (κ1) is 23.6. The van der Waals surface area contributed by atoms with Crippen molar-refractivity contribution in [2.75, 3.05) is 13.7 Å². The Morgan fingerprint density at radius 1 is 0.812 bits per heavy atom. The SMILES string of the molecule is CO.C[C@H]1CC[C@@]2(OC1)O[C@H]1C[C@H]3[C@@H]4CC[C@@H]5C[C@@H](O)CC[C@]5(C)[C@H]4CC[C@]3(C)[C@H]1[C@@H]2C. The van der Waals surface area contributed by atoms with Gasteiger partial charge >= 0.3 is 0 Å². The third-order valence-electron chi connectivity index (χ3n) is 11.9. The molecule has 1 spiro atoms. The monoisotopic (exact) mass is 448 g/mol. The predicted molar refractivity (Wildman–Crippen MR) is 126 cm³/mol. The molecule has 184 valence electrons. The summed E-state index contributed by atoms with van der Waals surface area (Å²) in [4.78, 5) is 0. The van der Waals surface area contributed by atoms with E-state index in [0.29, 0.717) is 34.7 Å². The van der Waals surface area contributed by atoms with Crippen LogP contribution in [0.2, 0.25) is 0 Å². The fraction of sp³-hybridized carbons (Fsp3) is 1.00. The molecule has 0 aromatic rings. The Morgan fingerprint density at radius 3 is 2.28 bits per heavy atom.